The summed E-state index contributed by atoms with van der Waals surface area (Å²) in [5.74, 6) is 1.99. The van der Waals surface area contributed by atoms with E-state index < -0.39 is 0 Å². The van der Waals surface area contributed by atoms with Gasteiger partial charge in [-0.2, -0.15) is 0 Å². The van der Waals surface area contributed by atoms with Gasteiger partial charge >= 0.3 is 0 Å². The fourth-order valence-electron chi connectivity index (χ4n) is 9.02. The van der Waals surface area contributed by atoms with E-state index in [1.165, 1.54) is 11.1 Å². The van der Waals surface area contributed by atoms with E-state index in [0.29, 0.717) is 0 Å². The molecule has 7 heteroatoms. The van der Waals surface area contributed by atoms with Crippen molar-refractivity contribution >= 4 is 34.4 Å². The minimum Gasteiger partial charge on any atom is -0.316 e. The molecule has 7 nitrogen and oxygen atoms in total. The third kappa shape index (κ3) is 7.54. The lowest BCUT2D eigenvalue weighted by molar-refractivity contribution is 0.900. The topological polar surface area (TPSA) is 47.1 Å². The van der Waals surface area contributed by atoms with Gasteiger partial charge in [-0.3, -0.25) is 19.8 Å². The van der Waals surface area contributed by atoms with Gasteiger partial charge in [0.15, 0.2) is 0 Å². The molecule has 6 aromatic carbocycles. The standard InChI is InChI=1S/C59H45N7/c1-62-58(63(52-36-40-60-41-37-52)50-26-22-46(23-27-50)56-32-30-54(44-14-6-2-7-15-44)65(56)48-18-10-4-11-19-48)34-35-59(62)64(53-38-42-61-43-39-53)51-28-24-47(25-29-51)57-33-31-55(45-16-8-3-9-17-45)66(57)49-20-12-5-13-21-49/h2-43H,1H3. The zero-order chi connectivity index (χ0) is 44.2. The number of nitrogens with zero attached hydrogens (tertiary/aromatic N) is 7. The molecule has 0 bridgehead atoms. The smallest absolute Gasteiger partial charge is 0.119 e. The van der Waals surface area contributed by atoms with Crippen LogP contribution in [0.25, 0.3) is 56.4 Å². The highest BCUT2D eigenvalue weighted by molar-refractivity contribution is 5.83. The van der Waals surface area contributed by atoms with E-state index in [1.807, 2.05) is 24.8 Å². The van der Waals surface area contributed by atoms with Crippen molar-refractivity contribution in [2.24, 2.45) is 7.05 Å². The molecule has 316 valence electrons. The number of hydrogen-bond donors (Lipinski definition) is 0. The summed E-state index contributed by atoms with van der Waals surface area (Å²) in [5, 5.41) is 0. The van der Waals surface area contributed by atoms with E-state index in [1.54, 1.807) is 0 Å². The molecule has 0 fully saturated rings. The summed E-state index contributed by atoms with van der Waals surface area (Å²) in [6.07, 6.45) is 7.39. The summed E-state index contributed by atoms with van der Waals surface area (Å²) in [6.45, 7) is 0. The highest BCUT2D eigenvalue weighted by Gasteiger charge is 2.23. The Labute approximate surface area is 385 Å². The Balaban J connectivity index is 0.972. The number of rotatable bonds is 12. The zero-order valence-corrected chi connectivity index (χ0v) is 36.4. The first-order valence-electron chi connectivity index (χ1n) is 22.1. The van der Waals surface area contributed by atoms with Crippen molar-refractivity contribution in [1.82, 2.24) is 23.7 Å². The van der Waals surface area contributed by atoms with Gasteiger partial charge in [-0.05, 0) is 131 Å². The number of hydrogen-bond acceptors (Lipinski definition) is 4. The minimum atomic E-state index is 0.993. The summed E-state index contributed by atoms with van der Waals surface area (Å²) < 4.78 is 6.94. The second kappa shape index (κ2) is 17.7. The van der Waals surface area contributed by atoms with Gasteiger partial charge in [-0.25, -0.2) is 0 Å². The summed E-state index contributed by atoms with van der Waals surface area (Å²) in [6, 6.07) is 81.5. The lowest BCUT2D eigenvalue weighted by atomic mass is 10.1. The van der Waals surface area contributed by atoms with Gasteiger partial charge in [0, 0.05) is 54.6 Å². The van der Waals surface area contributed by atoms with Crippen LogP contribution < -0.4 is 9.80 Å². The minimum absolute atomic E-state index is 0.993. The SMILES string of the molecule is Cn1c(N(c2ccncc2)c2ccc(-c3ccc(-c4ccccc4)n3-c3ccccc3)cc2)ccc1N(c1ccncc1)c1ccc(-c2ccc(-c3ccccc3)n2-c2ccccc2)cc1. The molecule has 11 aromatic rings. The summed E-state index contributed by atoms with van der Waals surface area (Å²) in [4.78, 5) is 13.3. The van der Waals surface area contributed by atoms with Gasteiger partial charge in [-0.15, -0.1) is 0 Å². The Hall–Kier alpha value is -8.94. The van der Waals surface area contributed by atoms with Crippen LogP contribution in [0.15, 0.2) is 255 Å². The van der Waals surface area contributed by atoms with E-state index >= 15 is 0 Å². The van der Waals surface area contributed by atoms with E-state index in [-0.39, 0.29) is 0 Å². The van der Waals surface area contributed by atoms with Crippen molar-refractivity contribution in [3.63, 3.8) is 0 Å². The van der Waals surface area contributed by atoms with Gasteiger partial charge in [-0.1, -0.05) is 121 Å². The highest BCUT2D eigenvalue weighted by Crippen LogP contribution is 2.43. The Bertz CT molecular complexity index is 3100. The van der Waals surface area contributed by atoms with Crippen LogP contribution >= 0.6 is 0 Å². The number of para-hydroxylation sites is 2. The third-order valence-electron chi connectivity index (χ3n) is 12.1. The van der Waals surface area contributed by atoms with Crippen molar-refractivity contribution in [1.29, 1.82) is 0 Å². The zero-order valence-electron chi connectivity index (χ0n) is 36.4. The molecule has 0 aliphatic heterocycles. The number of aromatic nitrogens is 5. The number of anilines is 6. The molecule has 0 atom stereocenters. The van der Waals surface area contributed by atoms with Gasteiger partial charge in [0.1, 0.15) is 11.6 Å². The van der Waals surface area contributed by atoms with Crippen LogP contribution in [-0.2, 0) is 7.05 Å². The molecule has 0 saturated heterocycles. The van der Waals surface area contributed by atoms with Crippen molar-refractivity contribution in [2.45, 2.75) is 0 Å². The average Bonchev–Trinajstić information content (AvgIpc) is 4.14. The summed E-state index contributed by atoms with van der Waals surface area (Å²) in [5.41, 5.74) is 15.4. The largest absolute Gasteiger partial charge is 0.316 e. The predicted octanol–water partition coefficient (Wildman–Crippen LogP) is 15.0. The predicted molar refractivity (Wildman–Crippen MR) is 271 cm³/mol. The van der Waals surface area contributed by atoms with Crippen LogP contribution in [0.4, 0.5) is 34.4 Å². The van der Waals surface area contributed by atoms with Gasteiger partial charge in [0.2, 0.25) is 0 Å². The van der Waals surface area contributed by atoms with Crippen molar-refractivity contribution < 1.29 is 0 Å². The Morgan fingerprint density at radius 1 is 0.288 bits per heavy atom. The molecular formula is C59H45N7. The van der Waals surface area contributed by atoms with Gasteiger partial charge in [0.25, 0.3) is 0 Å². The maximum atomic E-state index is 4.39. The van der Waals surface area contributed by atoms with Gasteiger partial charge in [0.05, 0.1) is 34.2 Å². The lowest BCUT2D eigenvalue weighted by Crippen LogP contribution is -2.17. The normalized spacial score (nSPS) is 11.1. The summed E-state index contributed by atoms with van der Waals surface area (Å²) >= 11 is 0. The van der Waals surface area contributed by atoms with E-state index in [0.717, 1.165) is 79.7 Å². The molecule has 0 spiro atoms. The summed E-state index contributed by atoms with van der Waals surface area (Å²) in [7, 11) is 2.13. The monoisotopic (exact) mass is 851 g/mol. The molecule has 0 unspecified atom stereocenters. The molecule has 5 aromatic heterocycles. The number of benzene rings is 6. The maximum Gasteiger partial charge on any atom is 0.119 e. The Morgan fingerprint density at radius 2 is 0.576 bits per heavy atom. The highest BCUT2D eigenvalue weighted by atomic mass is 15.3. The first kappa shape index (κ1) is 39.9. The molecule has 66 heavy (non-hydrogen) atoms. The molecular weight excluding hydrogens is 807 g/mol. The quantitative estimate of drug-likeness (QED) is 0.123. The van der Waals surface area contributed by atoms with Gasteiger partial charge < -0.3 is 13.7 Å². The third-order valence-corrected chi connectivity index (χ3v) is 12.1. The Kier molecular flexibility index (Phi) is 10.7. The van der Waals surface area contributed by atoms with Crippen LogP contribution in [0.1, 0.15) is 0 Å². The molecule has 0 aliphatic carbocycles. The van der Waals surface area contributed by atoms with Crippen LogP contribution in [0, 0.1) is 0 Å². The first-order chi connectivity index (χ1) is 32.7. The second-order valence-corrected chi connectivity index (χ2v) is 16.1. The Morgan fingerprint density at radius 3 is 0.909 bits per heavy atom. The van der Waals surface area contributed by atoms with E-state index in [4.69, 9.17) is 0 Å². The van der Waals surface area contributed by atoms with Crippen LogP contribution in [0.5, 0.6) is 0 Å². The van der Waals surface area contributed by atoms with Crippen LogP contribution in [-0.4, -0.2) is 23.7 Å². The molecule has 0 N–H and O–H groups in total. The maximum absolute atomic E-state index is 4.39. The van der Waals surface area contributed by atoms with Crippen LogP contribution in [0.3, 0.4) is 0 Å². The average molecular weight is 852 g/mol. The molecule has 0 aliphatic rings. The second-order valence-electron chi connectivity index (χ2n) is 16.1. The molecule has 11 rings (SSSR count). The van der Waals surface area contributed by atoms with E-state index in [2.05, 4.69) is 271 Å². The van der Waals surface area contributed by atoms with Crippen molar-refractivity contribution in [3.8, 4) is 56.4 Å². The van der Waals surface area contributed by atoms with Crippen LogP contribution in [0.2, 0.25) is 0 Å². The molecule has 0 saturated carbocycles. The molecule has 5 heterocycles. The fraction of sp³-hybridized carbons (Fsp3) is 0.0169. The fourth-order valence-corrected chi connectivity index (χ4v) is 9.02. The molecule has 0 amide bonds. The number of pyridine rings is 2. The van der Waals surface area contributed by atoms with Crippen molar-refractivity contribution in [2.75, 3.05) is 9.80 Å². The van der Waals surface area contributed by atoms with Crippen molar-refractivity contribution in [3.05, 3.63) is 255 Å². The molecule has 0 radical (unpaired) electrons. The van der Waals surface area contributed by atoms with E-state index in [9.17, 15) is 0 Å². The first-order valence-corrected chi connectivity index (χ1v) is 22.1. The lowest BCUT2D eigenvalue weighted by Gasteiger charge is -2.29.